The Kier molecular flexibility index (Phi) is 5.32. The van der Waals surface area contributed by atoms with Gasteiger partial charge in [0.25, 0.3) is 0 Å². The summed E-state index contributed by atoms with van der Waals surface area (Å²) < 4.78 is 5.20. The lowest BCUT2D eigenvalue weighted by molar-refractivity contribution is 0.155. The van der Waals surface area contributed by atoms with Crippen LogP contribution in [0.2, 0.25) is 0 Å². The molecule has 0 aromatic heterocycles. The maximum atomic E-state index is 12.0. The van der Waals surface area contributed by atoms with Crippen molar-refractivity contribution in [1.29, 1.82) is 0 Å². The van der Waals surface area contributed by atoms with Gasteiger partial charge in [-0.05, 0) is 35.2 Å². The highest BCUT2D eigenvalue weighted by molar-refractivity contribution is 5.85. The Morgan fingerprint density at radius 2 is 1.48 bits per heavy atom. The highest BCUT2D eigenvalue weighted by Crippen LogP contribution is 2.22. The molecular formula is C21H19NO3. The number of aromatic hydroxyl groups is 1. The monoisotopic (exact) mass is 333 g/mol. The van der Waals surface area contributed by atoms with E-state index in [1.54, 1.807) is 6.07 Å². The fraction of sp³-hybridized carbons (Fsp3) is 0.0952. The zero-order valence-corrected chi connectivity index (χ0v) is 13.7. The lowest BCUT2D eigenvalue weighted by atomic mass is 10.0. The molecule has 0 aliphatic carbocycles. The molecule has 0 atom stereocenters. The molecule has 0 bridgehead atoms. The van der Waals surface area contributed by atoms with Gasteiger partial charge in [0, 0.05) is 11.8 Å². The van der Waals surface area contributed by atoms with Crippen molar-refractivity contribution in [2.45, 2.75) is 13.0 Å². The summed E-state index contributed by atoms with van der Waals surface area (Å²) in [4.78, 5) is 12.0. The number of anilines is 1. The van der Waals surface area contributed by atoms with Gasteiger partial charge in [0.15, 0.2) is 0 Å². The third-order valence-corrected chi connectivity index (χ3v) is 3.69. The molecule has 0 heterocycles. The molecule has 3 aromatic carbocycles. The first-order valence-corrected chi connectivity index (χ1v) is 8.03. The number of benzene rings is 3. The Labute approximate surface area is 146 Å². The van der Waals surface area contributed by atoms with E-state index < -0.39 is 6.09 Å². The van der Waals surface area contributed by atoms with Crippen LogP contribution in [0.1, 0.15) is 16.7 Å². The van der Waals surface area contributed by atoms with Crippen molar-refractivity contribution >= 4 is 11.8 Å². The number of nitrogens with one attached hydrogen (secondary N) is 1. The largest absolute Gasteiger partial charge is 0.508 e. The minimum Gasteiger partial charge on any atom is -0.508 e. The highest BCUT2D eigenvalue weighted by atomic mass is 16.5. The first-order chi connectivity index (χ1) is 12.2. The molecule has 4 nitrogen and oxygen atoms in total. The average Bonchev–Trinajstić information content (AvgIpc) is 2.61. The molecule has 126 valence electrons. The highest BCUT2D eigenvalue weighted by Gasteiger charge is 2.07. The molecule has 2 N–H and O–H groups in total. The lowest BCUT2D eigenvalue weighted by Crippen LogP contribution is -2.13. The lowest BCUT2D eigenvalue weighted by Gasteiger charge is -2.10. The summed E-state index contributed by atoms with van der Waals surface area (Å²) in [6.07, 6.45) is 0.114. The van der Waals surface area contributed by atoms with E-state index in [2.05, 4.69) is 5.32 Å². The summed E-state index contributed by atoms with van der Waals surface area (Å²) in [5, 5.41) is 12.6. The van der Waals surface area contributed by atoms with E-state index in [-0.39, 0.29) is 12.4 Å². The fourth-order valence-electron chi connectivity index (χ4n) is 2.56. The zero-order chi connectivity index (χ0) is 17.5. The van der Waals surface area contributed by atoms with E-state index in [9.17, 15) is 9.90 Å². The van der Waals surface area contributed by atoms with Gasteiger partial charge in [0.2, 0.25) is 0 Å². The second-order valence-electron chi connectivity index (χ2n) is 5.74. The van der Waals surface area contributed by atoms with E-state index in [0.717, 1.165) is 16.7 Å². The summed E-state index contributed by atoms with van der Waals surface area (Å²) in [6.45, 7) is 0.197. The van der Waals surface area contributed by atoms with Crippen LogP contribution in [-0.2, 0) is 17.8 Å². The minimum atomic E-state index is -0.555. The number of hydrogen-bond acceptors (Lipinski definition) is 3. The molecule has 25 heavy (non-hydrogen) atoms. The van der Waals surface area contributed by atoms with Crippen LogP contribution in [0.15, 0.2) is 78.9 Å². The number of rotatable bonds is 5. The van der Waals surface area contributed by atoms with Crippen molar-refractivity contribution in [3.05, 3.63) is 95.6 Å². The molecule has 3 aromatic rings. The van der Waals surface area contributed by atoms with E-state index in [1.165, 1.54) is 6.07 Å². The molecule has 0 saturated heterocycles. The Morgan fingerprint density at radius 3 is 2.16 bits per heavy atom. The molecule has 3 rings (SSSR count). The Hall–Kier alpha value is -3.27. The summed E-state index contributed by atoms with van der Waals surface area (Å²) >= 11 is 0. The van der Waals surface area contributed by atoms with E-state index in [4.69, 9.17) is 4.74 Å². The Morgan fingerprint density at radius 1 is 0.840 bits per heavy atom. The van der Waals surface area contributed by atoms with E-state index in [0.29, 0.717) is 12.1 Å². The van der Waals surface area contributed by atoms with Gasteiger partial charge in [0.1, 0.15) is 12.4 Å². The summed E-state index contributed by atoms with van der Waals surface area (Å²) in [5.74, 6) is 0.104. The van der Waals surface area contributed by atoms with Gasteiger partial charge in [-0.15, -0.1) is 0 Å². The quantitative estimate of drug-likeness (QED) is 0.709. The second kappa shape index (κ2) is 8.02. The molecule has 0 unspecified atom stereocenters. The topological polar surface area (TPSA) is 58.6 Å². The average molecular weight is 333 g/mol. The van der Waals surface area contributed by atoms with Gasteiger partial charge in [-0.25, -0.2) is 4.79 Å². The SMILES string of the molecule is O=C(Nc1cc(O)cc(Cc2ccccc2)c1)OCc1ccccc1. The molecule has 0 fully saturated rings. The number of phenols is 1. The number of ether oxygens (including phenoxy) is 1. The van der Waals surface area contributed by atoms with E-state index >= 15 is 0 Å². The molecule has 1 amide bonds. The van der Waals surface area contributed by atoms with Crippen molar-refractivity contribution in [3.63, 3.8) is 0 Å². The summed E-state index contributed by atoms with van der Waals surface area (Å²) in [7, 11) is 0. The summed E-state index contributed by atoms with van der Waals surface area (Å²) in [6, 6.07) is 24.4. The van der Waals surface area contributed by atoms with E-state index in [1.807, 2.05) is 66.7 Å². The maximum absolute atomic E-state index is 12.0. The van der Waals surface area contributed by atoms with Crippen molar-refractivity contribution in [2.24, 2.45) is 0 Å². The van der Waals surface area contributed by atoms with Gasteiger partial charge in [-0.2, -0.15) is 0 Å². The number of phenolic OH excluding ortho intramolecular Hbond substituents is 1. The maximum Gasteiger partial charge on any atom is 0.411 e. The van der Waals surface area contributed by atoms with Gasteiger partial charge in [-0.3, -0.25) is 5.32 Å². The molecule has 0 spiro atoms. The van der Waals surface area contributed by atoms with Crippen LogP contribution in [0, 0.1) is 0 Å². The third-order valence-electron chi connectivity index (χ3n) is 3.69. The number of carbonyl (C=O) groups excluding carboxylic acids is 1. The van der Waals surface area contributed by atoms with Crippen molar-refractivity contribution in [1.82, 2.24) is 0 Å². The normalized spacial score (nSPS) is 10.2. The Bertz CT molecular complexity index is 832. The molecular weight excluding hydrogens is 314 g/mol. The van der Waals surface area contributed by atoms with Gasteiger partial charge < -0.3 is 9.84 Å². The van der Waals surface area contributed by atoms with Gasteiger partial charge in [0.05, 0.1) is 0 Å². The van der Waals surface area contributed by atoms with Crippen LogP contribution < -0.4 is 5.32 Å². The van der Waals surface area contributed by atoms with Crippen LogP contribution in [0.5, 0.6) is 5.75 Å². The molecule has 4 heteroatoms. The molecule has 0 aliphatic rings. The van der Waals surface area contributed by atoms with Crippen molar-refractivity contribution in [3.8, 4) is 5.75 Å². The first kappa shape index (κ1) is 16.6. The second-order valence-corrected chi connectivity index (χ2v) is 5.74. The number of carbonyl (C=O) groups is 1. The Balaban J connectivity index is 1.62. The standard InChI is InChI=1S/C21H19NO3/c23-20-13-18(11-16-7-3-1-4-8-16)12-19(14-20)22-21(24)25-15-17-9-5-2-6-10-17/h1-10,12-14,23H,11,15H2,(H,22,24). The number of hydrogen-bond donors (Lipinski definition) is 2. The van der Waals surface area contributed by atoms with Crippen molar-refractivity contribution in [2.75, 3.05) is 5.32 Å². The summed E-state index contributed by atoms with van der Waals surface area (Å²) in [5.41, 5.74) is 3.46. The molecule has 0 saturated carbocycles. The van der Waals surface area contributed by atoms with Gasteiger partial charge in [-0.1, -0.05) is 60.7 Å². The molecule has 0 aliphatic heterocycles. The number of amides is 1. The van der Waals surface area contributed by atoms with Crippen LogP contribution in [-0.4, -0.2) is 11.2 Å². The van der Waals surface area contributed by atoms with Crippen LogP contribution >= 0.6 is 0 Å². The van der Waals surface area contributed by atoms with Crippen LogP contribution in [0.25, 0.3) is 0 Å². The predicted octanol–water partition coefficient (Wildman–Crippen LogP) is 4.73. The van der Waals surface area contributed by atoms with Gasteiger partial charge >= 0.3 is 6.09 Å². The minimum absolute atomic E-state index is 0.104. The fourth-order valence-corrected chi connectivity index (χ4v) is 2.56. The predicted molar refractivity (Wildman–Crippen MR) is 97.6 cm³/mol. The third kappa shape index (κ3) is 5.11. The van der Waals surface area contributed by atoms with Crippen LogP contribution in [0.4, 0.5) is 10.5 Å². The molecule has 0 radical (unpaired) electrons. The smallest absolute Gasteiger partial charge is 0.411 e. The first-order valence-electron chi connectivity index (χ1n) is 8.03. The van der Waals surface area contributed by atoms with Crippen LogP contribution in [0.3, 0.4) is 0 Å². The zero-order valence-electron chi connectivity index (χ0n) is 13.7. The van der Waals surface area contributed by atoms with Crippen molar-refractivity contribution < 1.29 is 14.6 Å².